The van der Waals surface area contributed by atoms with Gasteiger partial charge in [0.05, 0.1) is 18.0 Å². The Kier molecular flexibility index (Phi) is 5.04. The molecule has 0 aliphatic carbocycles. The lowest BCUT2D eigenvalue weighted by molar-refractivity contribution is 0.168. The Bertz CT molecular complexity index is 600. The zero-order chi connectivity index (χ0) is 15.1. The summed E-state index contributed by atoms with van der Waals surface area (Å²) in [5.74, 6) is 0.644. The summed E-state index contributed by atoms with van der Waals surface area (Å²) in [6, 6.07) is 15.0. The molecule has 1 amide bonds. The van der Waals surface area contributed by atoms with Gasteiger partial charge in [-0.3, -0.25) is 5.32 Å². The van der Waals surface area contributed by atoms with Crippen LogP contribution < -0.4 is 15.8 Å². The molecule has 5 nitrogen and oxygen atoms in total. The summed E-state index contributed by atoms with van der Waals surface area (Å²) < 4.78 is 10.5. The van der Waals surface area contributed by atoms with E-state index in [9.17, 15) is 4.79 Å². The zero-order valence-corrected chi connectivity index (χ0v) is 11.8. The van der Waals surface area contributed by atoms with Gasteiger partial charge in [-0.15, -0.1) is 0 Å². The fraction of sp³-hybridized carbons (Fsp3) is 0.188. The number of hydrogen-bond acceptors (Lipinski definition) is 4. The molecule has 0 aliphatic rings. The number of benzene rings is 2. The van der Waals surface area contributed by atoms with Crippen LogP contribution in [-0.2, 0) is 11.3 Å². The van der Waals surface area contributed by atoms with Crippen LogP contribution in [0.1, 0.15) is 12.5 Å². The van der Waals surface area contributed by atoms with E-state index in [4.69, 9.17) is 15.2 Å². The van der Waals surface area contributed by atoms with Gasteiger partial charge in [0.2, 0.25) is 0 Å². The van der Waals surface area contributed by atoms with Gasteiger partial charge in [-0.25, -0.2) is 4.79 Å². The SMILES string of the molecule is CCOC(=O)Nc1ccc(OCc2ccccc2)cc1N. The van der Waals surface area contributed by atoms with Crippen molar-refractivity contribution in [3.05, 3.63) is 54.1 Å². The first-order valence-corrected chi connectivity index (χ1v) is 6.69. The number of rotatable bonds is 5. The van der Waals surface area contributed by atoms with Gasteiger partial charge in [0, 0.05) is 6.07 Å². The first kappa shape index (κ1) is 14.7. The van der Waals surface area contributed by atoms with E-state index in [2.05, 4.69) is 5.32 Å². The van der Waals surface area contributed by atoms with Gasteiger partial charge < -0.3 is 15.2 Å². The van der Waals surface area contributed by atoms with Crippen LogP contribution in [0.4, 0.5) is 16.2 Å². The topological polar surface area (TPSA) is 73.6 Å². The Labute approximate surface area is 123 Å². The third kappa shape index (κ3) is 4.42. The van der Waals surface area contributed by atoms with E-state index < -0.39 is 6.09 Å². The summed E-state index contributed by atoms with van der Waals surface area (Å²) >= 11 is 0. The summed E-state index contributed by atoms with van der Waals surface area (Å²) in [6.45, 7) is 2.51. The van der Waals surface area contributed by atoms with Gasteiger partial charge in [-0.2, -0.15) is 0 Å². The molecule has 2 aromatic carbocycles. The summed E-state index contributed by atoms with van der Waals surface area (Å²) in [6.07, 6.45) is -0.526. The maximum atomic E-state index is 11.3. The van der Waals surface area contributed by atoms with Crippen LogP contribution in [0.5, 0.6) is 5.75 Å². The fourth-order valence-corrected chi connectivity index (χ4v) is 1.76. The van der Waals surface area contributed by atoms with Gasteiger partial charge >= 0.3 is 6.09 Å². The first-order chi connectivity index (χ1) is 10.2. The van der Waals surface area contributed by atoms with Gasteiger partial charge in [0.1, 0.15) is 12.4 Å². The molecule has 0 fully saturated rings. The van der Waals surface area contributed by atoms with Crippen molar-refractivity contribution in [1.29, 1.82) is 0 Å². The summed E-state index contributed by atoms with van der Waals surface area (Å²) in [4.78, 5) is 11.3. The number of hydrogen-bond donors (Lipinski definition) is 2. The molecule has 5 heteroatoms. The van der Waals surface area contributed by atoms with Gasteiger partial charge in [0.25, 0.3) is 0 Å². The van der Waals surface area contributed by atoms with E-state index in [1.165, 1.54) is 0 Å². The number of amides is 1. The van der Waals surface area contributed by atoms with Crippen LogP contribution in [0.15, 0.2) is 48.5 Å². The highest BCUT2D eigenvalue weighted by Gasteiger charge is 2.06. The number of anilines is 2. The molecule has 0 aliphatic heterocycles. The van der Waals surface area contributed by atoms with E-state index >= 15 is 0 Å². The smallest absolute Gasteiger partial charge is 0.411 e. The molecule has 0 saturated carbocycles. The van der Waals surface area contributed by atoms with Gasteiger partial charge in [-0.1, -0.05) is 30.3 Å². The minimum absolute atomic E-state index is 0.310. The normalized spacial score (nSPS) is 9.95. The van der Waals surface area contributed by atoms with Crippen molar-refractivity contribution in [2.75, 3.05) is 17.7 Å². The van der Waals surface area contributed by atoms with Crippen LogP contribution in [0.3, 0.4) is 0 Å². The van der Waals surface area contributed by atoms with Gasteiger partial charge in [-0.05, 0) is 24.6 Å². The highest BCUT2D eigenvalue weighted by Crippen LogP contribution is 2.25. The monoisotopic (exact) mass is 286 g/mol. The Morgan fingerprint density at radius 1 is 1.19 bits per heavy atom. The van der Waals surface area contributed by atoms with Crippen molar-refractivity contribution in [2.24, 2.45) is 0 Å². The highest BCUT2D eigenvalue weighted by molar-refractivity contribution is 5.89. The van der Waals surface area contributed by atoms with E-state index in [-0.39, 0.29) is 0 Å². The van der Waals surface area contributed by atoms with Crippen LogP contribution in [0.25, 0.3) is 0 Å². The van der Waals surface area contributed by atoms with Crippen LogP contribution in [0, 0.1) is 0 Å². The largest absolute Gasteiger partial charge is 0.489 e. The molecule has 0 spiro atoms. The minimum atomic E-state index is -0.526. The third-order valence-electron chi connectivity index (χ3n) is 2.78. The second-order valence-corrected chi connectivity index (χ2v) is 4.37. The predicted octanol–water partition coefficient (Wildman–Crippen LogP) is 3.42. The number of nitrogen functional groups attached to an aromatic ring is 1. The van der Waals surface area contributed by atoms with Crippen LogP contribution in [-0.4, -0.2) is 12.7 Å². The molecule has 0 bridgehead atoms. The fourth-order valence-electron chi connectivity index (χ4n) is 1.76. The second-order valence-electron chi connectivity index (χ2n) is 4.37. The van der Waals surface area contributed by atoms with E-state index in [0.717, 1.165) is 5.56 Å². The van der Waals surface area contributed by atoms with Crippen LogP contribution in [0.2, 0.25) is 0 Å². The summed E-state index contributed by atoms with van der Waals surface area (Å²) in [5, 5.41) is 2.57. The lowest BCUT2D eigenvalue weighted by atomic mass is 10.2. The molecule has 0 heterocycles. The predicted molar refractivity (Wildman–Crippen MR) is 82.3 cm³/mol. The lowest BCUT2D eigenvalue weighted by Crippen LogP contribution is -2.14. The maximum absolute atomic E-state index is 11.3. The maximum Gasteiger partial charge on any atom is 0.411 e. The van der Waals surface area contributed by atoms with Crippen molar-refractivity contribution in [3.8, 4) is 5.75 Å². The quantitative estimate of drug-likeness (QED) is 0.826. The summed E-state index contributed by atoms with van der Waals surface area (Å²) in [5.41, 5.74) is 7.88. The van der Waals surface area contributed by atoms with E-state index in [1.54, 1.807) is 25.1 Å². The second kappa shape index (κ2) is 7.19. The average Bonchev–Trinajstić information content (AvgIpc) is 2.49. The highest BCUT2D eigenvalue weighted by atomic mass is 16.5. The van der Waals surface area contributed by atoms with E-state index in [0.29, 0.717) is 30.3 Å². The molecule has 110 valence electrons. The van der Waals surface area contributed by atoms with Crippen LogP contribution >= 0.6 is 0 Å². The first-order valence-electron chi connectivity index (χ1n) is 6.69. The molecule has 0 saturated heterocycles. The Morgan fingerprint density at radius 2 is 1.95 bits per heavy atom. The molecule has 3 N–H and O–H groups in total. The van der Waals surface area contributed by atoms with Crippen molar-refractivity contribution in [3.63, 3.8) is 0 Å². The Balaban J connectivity index is 1.97. The minimum Gasteiger partial charge on any atom is -0.489 e. The Morgan fingerprint density at radius 3 is 2.62 bits per heavy atom. The molecule has 0 atom stereocenters. The van der Waals surface area contributed by atoms with Gasteiger partial charge in [0.15, 0.2) is 0 Å². The number of carbonyl (C=O) groups excluding carboxylic acids is 1. The van der Waals surface area contributed by atoms with Crippen molar-refractivity contribution in [1.82, 2.24) is 0 Å². The molecule has 0 unspecified atom stereocenters. The van der Waals surface area contributed by atoms with Crippen molar-refractivity contribution < 1.29 is 14.3 Å². The Hall–Kier alpha value is -2.69. The molecule has 0 radical (unpaired) electrons. The average molecular weight is 286 g/mol. The summed E-state index contributed by atoms with van der Waals surface area (Å²) in [7, 11) is 0. The number of nitrogens with one attached hydrogen (secondary N) is 1. The zero-order valence-electron chi connectivity index (χ0n) is 11.8. The number of carbonyl (C=O) groups is 1. The van der Waals surface area contributed by atoms with Crippen molar-refractivity contribution in [2.45, 2.75) is 13.5 Å². The molecule has 0 aromatic heterocycles. The lowest BCUT2D eigenvalue weighted by Gasteiger charge is -2.11. The standard InChI is InChI=1S/C16H18N2O3/c1-2-20-16(19)18-15-9-8-13(10-14(15)17)21-11-12-6-4-3-5-7-12/h3-10H,2,11,17H2,1H3,(H,18,19). The molecular weight excluding hydrogens is 268 g/mol. The molecule has 21 heavy (non-hydrogen) atoms. The molecule has 2 aromatic rings. The van der Waals surface area contributed by atoms with Crippen molar-refractivity contribution >= 4 is 17.5 Å². The number of ether oxygens (including phenoxy) is 2. The molecule has 2 rings (SSSR count). The number of nitrogens with two attached hydrogens (primary N) is 1. The van der Waals surface area contributed by atoms with E-state index in [1.807, 2.05) is 30.3 Å². The third-order valence-corrected chi connectivity index (χ3v) is 2.78. The molecular formula is C16H18N2O3.